The fourth-order valence-electron chi connectivity index (χ4n) is 3.74. The molecule has 1 aliphatic heterocycles. The zero-order valence-corrected chi connectivity index (χ0v) is 16.3. The Labute approximate surface area is 169 Å². The lowest BCUT2D eigenvalue weighted by atomic mass is 10.0. The van der Waals surface area contributed by atoms with Gasteiger partial charge in [0.15, 0.2) is 0 Å². The van der Waals surface area contributed by atoms with Gasteiger partial charge in [-0.15, -0.1) is 0 Å². The molecular formula is C23H24N2O4. The second-order valence-corrected chi connectivity index (χ2v) is 7.32. The number of aliphatic hydroxyl groups is 1. The minimum Gasteiger partial charge on any atom is -0.488 e. The van der Waals surface area contributed by atoms with Crippen LogP contribution in [0.25, 0.3) is 10.8 Å². The standard InChI is InChI=1S/C23H24N2O4/c1-28-23(27)18-4-2-3-16(11-18)14-25-10-8-22(21(26)15-25)29-20-6-5-17-7-9-24-13-19(17)12-20/h2-7,9,11-13,21-22,26H,8,10,14-15H2,1H3/t21-,22-/m1/s1. The van der Waals surface area contributed by atoms with Gasteiger partial charge in [0.1, 0.15) is 18.0 Å². The molecule has 0 radical (unpaired) electrons. The third-order valence-corrected chi connectivity index (χ3v) is 5.26. The van der Waals surface area contributed by atoms with Crippen LogP contribution in [0.5, 0.6) is 5.75 Å². The van der Waals surface area contributed by atoms with Crippen LogP contribution in [-0.4, -0.2) is 53.4 Å². The van der Waals surface area contributed by atoms with E-state index in [9.17, 15) is 9.90 Å². The second kappa shape index (κ2) is 8.59. The number of nitrogens with zero attached hydrogens (tertiary/aromatic N) is 2. The second-order valence-electron chi connectivity index (χ2n) is 7.32. The predicted octanol–water partition coefficient (Wildman–Crippen LogP) is 3.04. The van der Waals surface area contributed by atoms with E-state index in [0.29, 0.717) is 18.7 Å². The number of likely N-dealkylation sites (tertiary alicyclic amines) is 1. The number of ether oxygens (including phenoxy) is 2. The first-order valence-corrected chi connectivity index (χ1v) is 9.70. The summed E-state index contributed by atoms with van der Waals surface area (Å²) in [4.78, 5) is 18.0. The molecule has 1 aromatic heterocycles. The molecule has 150 valence electrons. The van der Waals surface area contributed by atoms with Crippen LogP contribution in [0.2, 0.25) is 0 Å². The van der Waals surface area contributed by atoms with Crippen LogP contribution < -0.4 is 4.74 Å². The number of aliphatic hydroxyl groups excluding tert-OH is 1. The number of fused-ring (bicyclic) bond motifs is 1. The topological polar surface area (TPSA) is 71.9 Å². The Morgan fingerprint density at radius 2 is 2.10 bits per heavy atom. The van der Waals surface area contributed by atoms with Crippen molar-refractivity contribution in [1.29, 1.82) is 0 Å². The van der Waals surface area contributed by atoms with Gasteiger partial charge in [0.2, 0.25) is 0 Å². The number of methoxy groups -OCH3 is 1. The summed E-state index contributed by atoms with van der Waals surface area (Å²) in [6.07, 6.45) is 3.47. The van der Waals surface area contributed by atoms with E-state index in [1.165, 1.54) is 7.11 Å². The van der Waals surface area contributed by atoms with Crippen molar-refractivity contribution in [2.75, 3.05) is 20.2 Å². The van der Waals surface area contributed by atoms with Crippen LogP contribution >= 0.6 is 0 Å². The summed E-state index contributed by atoms with van der Waals surface area (Å²) in [7, 11) is 1.38. The zero-order valence-electron chi connectivity index (χ0n) is 16.3. The van der Waals surface area contributed by atoms with Crippen molar-refractivity contribution in [1.82, 2.24) is 9.88 Å². The molecule has 1 aliphatic rings. The average molecular weight is 392 g/mol. The highest BCUT2D eigenvalue weighted by atomic mass is 16.5. The molecule has 29 heavy (non-hydrogen) atoms. The van der Waals surface area contributed by atoms with Crippen LogP contribution in [-0.2, 0) is 11.3 Å². The van der Waals surface area contributed by atoms with Crippen molar-refractivity contribution in [3.8, 4) is 5.75 Å². The molecule has 1 N–H and O–H groups in total. The van der Waals surface area contributed by atoms with Crippen LogP contribution in [0.4, 0.5) is 0 Å². The van der Waals surface area contributed by atoms with Crippen molar-refractivity contribution in [3.63, 3.8) is 0 Å². The number of benzene rings is 2. The lowest BCUT2D eigenvalue weighted by Crippen LogP contribution is -2.48. The molecule has 0 saturated carbocycles. The number of carbonyl (C=O) groups excluding carboxylic acids is 1. The summed E-state index contributed by atoms with van der Waals surface area (Å²) in [5.41, 5.74) is 1.55. The number of β-amino-alcohol motifs (C(OH)–C–C–N with tert-alkyl or cyclic N) is 1. The molecule has 0 bridgehead atoms. The number of aromatic nitrogens is 1. The molecule has 4 rings (SSSR count). The van der Waals surface area contributed by atoms with Gasteiger partial charge in [-0.1, -0.05) is 18.2 Å². The first kappa shape index (κ1) is 19.4. The minimum absolute atomic E-state index is 0.248. The molecule has 2 heterocycles. The summed E-state index contributed by atoms with van der Waals surface area (Å²) in [6, 6.07) is 15.3. The third kappa shape index (κ3) is 4.55. The normalized spacial score (nSPS) is 19.8. The molecular weight excluding hydrogens is 368 g/mol. The van der Waals surface area contributed by atoms with E-state index in [1.54, 1.807) is 12.3 Å². The number of rotatable bonds is 5. The first-order valence-electron chi connectivity index (χ1n) is 9.70. The Morgan fingerprint density at radius 3 is 2.93 bits per heavy atom. The Hall–Kier alpha value is -2.96. The highest BCUT2D eigenvalue weighted by Gasteiger charge is 2.29. The first-order chi connectivity index (χ1) is 14.1. The van der Waals surface area contributed by atoms with Gasteiger partial charge in [-0.3, -0.25) is 9.88 Å². The number of piperidine rings is 1. The van der Waals surface area contributed by atoms with Gasteiger partial charge in [-0.05, 0) is 47.7 Å². The monoisotopic (exact) mass is 392 g/mol. The quantitative estimate of drug-likeness (QED) is 0.673. The van der Waals surface area contributed by atoms with Gasteiger partial charge in [-0.25, -0.2) is 4.79 Å². The number of carbonyl (C=O) groups is 1. The SMILES string of the molecule is COC(=O)c1cccc(CN2CC[C@@H](Oc3ccc4ccncc4c3)[C@H](O)C2)c1. The molecule has 0 aliphatic carbocycles. The van der Waals surface area contributed by atoms with E-state index >= 15 is 0 Å². The van der Waals surface area contributed by atoms with E-state index in [-0.39, 0.29) is 12.1 Å². The van der Waals surface area contributed by atoms with Crippen LogP contribution in [0.3, 0.4) is 0 Å². The number of pyridine rings is 1. The molecule has 2 atom stereocenters. The van der Waals surface area contributed by atoms with Crippen molar-refractivity contribution >= 4 is 16.7 Å². The fraction of sp³-hybridized carbons (Fsp3) is 0.304. The maximum atomic E-state index is 11.7. The molecule has 6 heteroatoms. The Balaban J connectivity index is 1.37. The van der Waals surface area contributed by atoms with Gasteiger partial charge in [0.05, 0.1) is 12.7 Å². The van der Waals surface area contributed by atoms with E-state index < -0.39 is 6.10 Å². The van der Waals surface area contributed by atoms with Gasteiger partial charge < -0.3 is 14.6 Å². The van der Waals surface area contributed by atoms with Gasteiger partial charge in [0, 0.05) is 37.4 Å². The molecule has 1 fully saturated rings. The van der Waals surface area contributed by atoms with Crippen LogP contribution in [0, 0.1) is 0 Å². The van der Waals surface area contributed by atoms with E-state index in [1.807, 2.05) is 48.7 Å². The smallest absolute Gasteiger partial charge is 0.337 e. The lowest BCUT2D eigenvalue weighted by Gasteiger charge is -2.36. The lowest BCUT2D eigenvalue weighted by molar-refractivity contribution is -0.0274. The average Bonchev–Trinajstić information content (AvgIpc) is 2.75. The van der Waals surface area contributed by atoms with Crippen LogP contribution in [0.1, 0.15) is 22.3 Å². The van der Waals surface area contributed by atoms with Gasteiger partial charge in [0.25, 0.3) is 0 Å². The van der Waals surface area contributed by atoms with Crippen molar-refractivity contribution < 1.29 is 19.4 Å². The summed E-state index contributed by atoms with van der Waals surface area (Å²) in [5.74, 6) is 0.401. The summed E-state index contributed by atoms with van der Waals surface area (Å²) in [6.45, 7) is 1.98. The summed E-state index contributed by atoms with van der Waals surface area (Å²) in [5, 5.41) is 12.7. The van der Waals surface area contributed by atoms with Crippen LogP contribution in [0.15, 0.2) is 60.9 Å². The summed E-state index contributed by atoms with van der Waals surface area (Å²) >= 11 is 0. The number of hydrogen-bond acceptors (Lipinski definition) is 6. The van der Waals surface area contributed by atoms with E-state index in [0.717, 1.165) is 35.1 Å². The van der Waals surface area contributed by atoms with Gasteiger partial charge >= 0.3 is 5.97 Å². The molecule has 2 aromatic carbocycles. The Kier molecular flexibility index (Phi) is 5.74. The highest BCUT2D eigenvalue weighted by molar-refractivity contribution is 5.89. The van der Waals surface area contributed by atoms with Crippen molar-refractivity contribution in [2.45, 2.75) is 25.2 Å². The largest absolute Gasteiger partial charge is 0.488 e. The fourth-order valence-corrected chi connectivity index (χ4v) is 3.74. The molecule has 0 unspecified atom stereocenters. The summed E-state index contributed by atoms with van der Waals surface area (Å²) < 4.78 is 10.9. The maximum Gasteiger partial charge on any atom is 0.337 e. The molecule has 1 saturated heterocycles. The van der Waals surface area contributed by atoms with E-state index in [2.05, 4.69) is 9.88 Å². The number of hydrogen-bond donors (Lipinski definition) is 1. The van der Waals surface area contributed by atoms with Crippen molar-refractivity contribution in [2.24, 2.45) is 0 Å². The van der Waals surface area contributed by atoms with Crippen molar-refractivity contribution in [3.05, 3.63) is 72.1 Å². The molecule has 0 spiro atoms. The molecule has 3 aromatic rings. The minimum atomic E-state index is -0.586. The maximum absolute atomic E-state index is 11.7. The highest BCUT2D eigenvalue weighted by Crippen LogP contribution is 2.24. The molecule has 6 nitrogen and oxygen atoms in total. The molecule has 0 amide bonds. The third-order valence-electron chi connectivity index (χ3n) is 5.26. The predicted molar refractivity (Wildman–Crippen MR) is 110 cm³/mol. The van der Waals surface area contributed by atoms with Gasteiger partial charge in [-0.2, -0.15) is 0 Å². The zero-order chi connectivity index (χ0) is 20.2. The van der Waals surface area contributed by atoms with E-state index in [4.69, 9.17) is 9.47 Å². The number of esters is 1. The Morgan fingerprint density at radius 1 is 1.21 bits per heavy atom. The Bertz CT molecular complexity index is 1010.